The van der Waals surface area contributed by atoms with Crippen LogP contribution in [0, 0.1) is 0 Å². The Labute approximate surface area is 147 Å². The number of aromatic amines is 1. The van der Waals surface area contributed by atoms with Crippen LogP contribution in [0.15, 0.2) is 10.6 Å². The van der Waals surface area contributed by atoms with E-state index in [-0.39, 0.29) is 18.0 Å². The zero-order valence-electron chi connectivity index (χ0n) is 15.4. The smallest absolute Gasteiger partial charge is 0.317 e. The van der Waals surface area contributed by atoms with E-state index in [9.17, 15) is 4.79 Å². The quantitative estimate of drug-likeness (QED) is 0.785. The fraction of sp³-hybridized carbons (Fsp3) is 0.625. The van der Waals surface area contributed by atoms with E-state index in [1.54, 1.807) is 19.1 Å². The first-order valence-electron chi connectivity index (χ1n) is 8.13. The van der Waals surface area contributed by atoms with Crippen LogP contribution in [0.3, 0.4) is 0 Å². The first-order chi connectivity index (χ1) is 11.8. The van der Waals surface area contributed by atoms with Crippen LogP contribution in [0.5, 0.6) is 0 Å². The van der Waals surface area contributed by atoms with Gasteiger partial charge in [-0.2, -0.15) is 10.1 Å². The second kappa shape index (κ2) is 8.11. The van der Waals surface area contributed by atoms with Gasteiger partial charge in [-0.1, -0.05) is 25.9 Å². The van der Waals surface area contributed by atoms with Crippen molar-refractivity contribution in [2.75, 3.05) is 20.8 Å². The lowest BCUT2D eigenvalue weighted by Gasteiger charge is -2.16. The lowest BCUT2D eigenvalue weighted by molar-refractivity contribution is 0.192. The Kier molecular flexibility index (Phi) is 6.13. The molecule has 0 atom stereocenters. The van der Waals surface area contributed by atoms with Gasteiger partial charge >= 0.3 is 6.03 Å². The summed E-state index contributed by atoms with van der Waals surface area (Å²) in [6.45, 7) is 7.42. The lowest BCUT2D eigenvalue weighted by atomic mass is 9.92. The monoisotopic (exact) mass is 350 g/mol. The van der Waals surface area contributed by atoms with Gasteiger partial charge in [0.25, 0.3) is 0 Å². The summed E-state index contributed by atoms with van der Waals surface area (Å²) in [5.41, 5.74) is 1.81. The summed E-state index contributed by atoms with van der Waals surface area (Å²) in [5.74, 6) is 0.927. The maximum absolute atomic E-state index is 12.2. The average Bonchev–Trinajstić information content (AvgIpc) is 3.19. The van der Waals surface area contributed by atoms with E-state index in [4.69, 9.17) is 9.26 Å². The highest BCUT2D eigenvalue weighted by atomic mass is 16.5. The normalized spacial score (nSPS) is 11.6. The van der Waals surface area contributed by atoms with Crippen LogP contribution in [-0.2, 0) is 29.7 Å². The van der Waals surface area contributed by atoms with Gasteiger partial charge in [-0.3, -0.25) is 5.10 Å². The standard InChI is InChI=1S/C16H26N6O3/c1-16(2,3)12-8-11(19-20-12)10-22(4)15(23)17-9-13-18-14(25-21-13)6-7-24-5/h8H,6-7,9-10H2,1-5H3,(H,17,23)(H,19,20). The molecule has 0 aliphatic carbocycles. The van der Waals surface area contributed by atoms with Crippen molar-refractivity contribution in [2.24, 2.45) is 0 Å². The fourth-order valence-electron chi connectivity index (χ4n) is 2.10. The summed E-state index contributed by atoms with van der Waals surface area (Å²) in [6, 6.07) is 1.75. The van der Waals surface area contributed by atoms with Gasteiger partial charge in [0.15, 0.2) is 5.82 Å². The maximum Gasteiger partial charge on any atom is 0.317 e. The van der Waals surface area contributed by atoms with Crippen LogP contribution in [0.2, 0.25) is 0 Å². The van der Waals surface area contributed by atoms with E-state index in [0.717, 1.165) is 11.4 Å². The van der Waals surface area contributed by atoms with Crippen LogP contribution < -0.4 is 5.32 Å². The number of amides is 2. The molecular weight excluding hydrogens is 324 g/mol. The maximum atomic E-state index is 12.2. The van der Waals surface area contributed by atoms with Crippen LogP contribution >= 0.6 is 0 Å². The molecule has 0 spiro atoms. The van der Waals surface area contributed by atoms with Gasteiger partial charge in [-0.25, -0.2) is 4.79 Å². The van der Waals surface area contributed by atoms with Crippen molar-refractivity contribution in [3.63, 3.8) is 0 Å². The predicted octanol–water partition coefficient (Wildman–Crippen LogP) is 1.62. The summed E-state index contributed by atoms with van der Waals surface area (Å²) in [6.07, 6.45) is 0.549. The van der Waals surface area contributed by atoms with E-state index in [1.807, 2.05) is 6.07 Å². The minimum atomic E-state index is -0.227. The predicted molar refractivity (Wildman–Crippen MR) is 90.9 cm³/mol. The molecule has 0 unspecified atom stereocenters. The van der Waals surface area contributed by atoms with Gasteiger partial charge in [-0.05, 0) is 6.07 Å². The van der Waals surface area contributed by atoms with Gasteiger partial charge in [0, 0.05) is 19.6 Å². The number of nitrogens with one attached hydrogen (secondary N) is 2. The van der Waals surface area contributed by atoms with Crippen LogP contribution in [-0.4, -0.2) is 52.0 Å². The molecule has 0 aromatic carbocycles. The van der Waals surface area contributed by atoms with Gasteiger partial charge in [0.2, 0.25) is 5.89 Å². The van der Waals surface area contributed by atoms with Crippen molar-refractivity contribution in [3.05, 3.63) is 29.2 Å². The molecule has 0 saturated heterocycles. The van der Waals surface area contributed by atoms with E-state index in [2.05, 4.69) is 46.4 Å². The number of nitrogens with zero attached hydrogens (tertiary/aromatic N) is 4. The lowest BCUT2D eigenvalue weighted by Crippen LogP contribution is -2.36. The minimum absolute atomic E-state index is 0.0330. The molecule has 0 bridgehead atoms. The summed E-state index contributed by atoms with van der Waals surface area (Å²) in [5, 5.41) is 13.9. The number of rotatable bonds is 7. The molecule has 9 heteroatoms. The fourth-order valence-corrected chi connectivity index (χ4v) is 2.10. The first-order valence-corrected chi connectivity index (χ1v) is 8.13. The van der Waals surface area contributed by atoms with Crippen LogP contribution in [0.25, 0.3) is 0 Å². The highest BCUT2D eigenvalue weighted by Crippen LogP contribution is 2.20. The molecule has 25 heavy (non-hydrogen) atoms. The number of ether oxygens (including phenoxy) is 1. The molecule has 0 aliphatic rings. The van der Waals surface area contributed by atoms with Crippen molar-refractivity contribution >= 4 is 6.03 Å². The first kappa shape index (κ1) is 18.9. The number of hydrogen-bond donors (Lipinski definition) is 2. The van der Waals surface area contributed by atoms with Crippen molar-refractivity contribution in [2.45, 2.75) is 45.7 Å². The Balaban J connectivity index is 1.82. The number of urea groups is 1. The topological polar surface area (TPSA) is 109 Å². The van der Waals surface area contributed by atoms with E-state index >= 15 is 0 Å². The zero-order chi connectivity index (χ0) is 18.4. The van der Waals surface area contributed by atoms with Crippen molar-refractivity contribution in [3.8, 4) is 0 Å². The second-order valence-corrected chi connectivity index (χ2v) is 6.89. The average molecular weight is 350 g/mol. The summed E-state index contributed by atoms with van der Waals surface area (Å²) >= 11 is 0. The van der Waals surface area contributed by atoms with Crippen LogP contribution in [0.1, 0.15) is 43.9 Å². The molecule has 2 amide bonds. The number of aromatic nitrogens is 4. The summed E-state index contributed by atoms with van der Waals surface area (Å²) in [7, 11) is 3.32. The SMILES string of the molecule is COCCc1nc(CNC(=O)N(C)Cc2cc(C(C)(C)C)n[nH]2)no1. The van der Waals surface area contributed by atoms with Gasteiger partial charge in [-0.15, -0.1) is 0 Å². The highest BCUT2D eigenvalue weighted by Gasteiger charge is 2.18. The molecular formula is C16H26N6O3. The third-order valence-electron chi connectivity index (χ3n) is 3.58. The molecule has 0 aliphatic heterocycles. The molecule has 2 N–H and O–H groups in total. The third kappa shape index (κ3) is 5.56. The minimum Gasteiger partial charge on any atom is -0.384 e. The molecule has 2 rings (SSSR count). The van der Waals surface area contributed by atoms with Crippen molar-refractivity contribution in [1.29, 1.82) is 0 Å². The number of carbonyl (C=O) groups is 1. The van der Waals surface area contributed by atoms with E-state index in [0.29, 0.717) is 31.3 Å². The molecule has 9 nitrogen and oxygen atoms in total. The van der Waals surface area contributed by atoms with Gasteiger partial charge < -0.3 is 19.5 Å². The van der Waals surface area contributed by atoms with Gasteiger partial charge in [0.1, 0.15) is 0 Å². The molecule has 0 radical (unpaired) electrons. The Morgan fingerprint density at radius 1 is 1.44 bits per heavy atom. The molecule has 0 saturated carbocycles. The number of carbonyl (C=O) groups excluding carboxylic acids is 1. The second-order valence-electron chi connectivity index (χ2n) is 6.89. The largest absolute Gasteiger partial charge is 0.384 e. The third-order valence-corrected chi connectivity index (χ3v) is 3.58. The molecule has 2 aromatic rings. The Morgan fingerprint density at radius 3 is 2.84 bits per heavy atom. The van der Waals surface area contributed by atoms with Gasteiger partial charge in [0.05, 0.1) is 37.5 Å². The van der Waals surface area contributed by atoms with Crippen molar-refractivity contribution in [1.82, 2.24) is 30.6 Å². The Hall–Kier alpha value is -2.42. The van der Waals surface area contributed by atoms with Crippen molar-refractivity contribution < 1.29 is 14.1 Å². The molecule has 0 fully saturated rings. The summed E-state index contributed by atoms with van der Waals surface area (Å²) < 4.78 is 10.0. The van der Waals surface area contributed by atoms with E-state index < -0.39 is 0 Å². The molecule has 2 heterocycles. The number of methoxy groups -OCH3 is 1. The molecule has 2 aromatic heterocycles. The van der Waals surface area contributed by atoms with E-state index in [1.165, 1.54) is 0 Å². The number of hydrogen-bond acceptors (Lipinski definition) is 6. The Morgan fingerprint density at radius 2 is 2.20 bits per heavy atom. The number of H-pyrrole nitrogens is 1. The zero-order valence-corrected chi connectivity index (χ0v) is 15.4. The molecule has 138 valence electrons. The summed E-state index contributed by atoms with van der Waals surface area (Å²) in [4.78, 5) is 17.9. The highest BCUT2D eigenvalue weighted by molar-refractivity contribution is 5.73. The Bertz CT molecular complexity index is 688. The van der Waals surface area contributed by atoms with Crippen LogP contribution in [0.4, 0.5) is 4.79 Å².